The van der Waals surface area contributed by atoms with Crippen molar-refractivity contribution >= 4 is 5.78 Å². The molecular formula is C18H25F2NO. The lowest BCUT2D eigenvalue weighted by Gasteiger charge is -2.26. The Labute approximate surface area is 131 Å². The van der Waals surface area contributed by atoms with E-state index in [1.165, 1.54) is 12.1 Å². The third-order valence-electron chi connectivity index (χ3n) is 3.66. The summed E-state index contributed by atoms with van der Waals surface area (Å²) in [6, 6.07) is 6.24. The number of hydrogen-bond acceptors (Lipinski definition) is 2. The first-order chi connectivity index (χ1) is 10.0. The predicted octanol–water partition coefficient (Wildman–Crippen LogP) is 4.59. The van der Waals surface area contributed by atoms with Gasteiger partial charge in [0.15, 0.2) is 5.78 Å². The molecular weight excluding hydrogens is 284 g/mol. The Balaban J connectivity index is 2.61. The number of Topliss-reactive ketones (excluding diaryl/α,β-unsaturated/α-hetero) is 1. The van der Waals surface area contributed by atoms with Crippen LogP contribution in [0, 0.1) is 0 Å². The molecule has 1 aromatic carbocycles. The Kier molecular flexibility index (Phi) is 6.00. The summed E-state index contributed by atoms with van der Waals surface area (Å²) in [5.74, 6) is -2.76. The molecule has 4 heteroatoms. The lowest BCUT2D eigenvalue weighted by atomic mass is 9.93. The fraction of sp³-hybridized carbons (Fsp3) is 0.500. The molecule has 0 radical (unpaired) electrons. The Morgan fingerprint density at radius 2 is 1.73 bits per heavy atom. The molecule has 0 unspecified atom stereocenters. The van der Waals surface area contributed by atoms with Crippen LogP contribution in [0.15, 0.2) is 36.4 Å². The third kappa shape index (κ3) is 5.68. The average Bonchev–Trinajstić information content (AvgIpc) is 2.43. The summed E-state index contributed by atoms with van der Waals surface area (Å²) >= 11 is 0. The second-order valence-corrected chi connectivity index (χ2v) is 6.38. The van der Waals surface area contributed by atoms with Crippen molar-refractivity contribution in [1.29, 1.82) is 0 Å². The van der Waals surface area contributed by atoms with Crippen molar-refractivity contribution in [1.82, 2.24) is 5.32 Å². The van der Waals surface area contributed by atoms with Crippen LogP contribution in [0.3, 0.4) is 0 Å². The molecule has 0 aliphatic rings. The van der Waals surface area contributed by atoms with E-state index in [0.29, 0.717) is 25.0 Å². The number of rotatable bonds is 8. The van der Waals surface area contributed by atoms with Gasteiger partial charge < -0.3 is 5.32 Å². The van der Waals surface area contributed by atoms with Gasteiger partial charge in [-0.05, 0) is 31.4 Å². The third-order valence-corrected chi connectivity index (χ3v) is 3.66. The van der Waals surface area contributed by atoms with Gasteiger partial charge in [-0.1, -0.05) is 37.8 Å². The van der Waals surface area contributed by atoms with Crippen molar-refractivity contribution in [2.45, 2.75) is 58.5 Å². The van der Waals surface area contributed by atoms with Gasteiger partial charge in [0.05, 0.1) is 0 Å². The molecule has 1 rings (SSSR count). The molecule has 0 aliphatic carbocycles. The summed E-state index contributed by atoms with van der Waals surface area (Å²) in [6.07, 6.45) is 1.02. The Morgan fingerprint density at radius 1 is 1.18 bits per heavy atom. The van der Waals surface area contributed by atoms with E-state index in [9.17, 15) is 13.6 Å². The molecule has 0 aliphatic heterocycles. The average molecular weight is 309 g/mol. The summed E-state index contributed by atoms with van der Waals surface area (Å²) in [7, 11) is 0. The molecule has 1 N–H and O–H groups in total. The summed E-state index contributed by atoms with van der Waals surface area (Å²) < 4.78 is 26.3. The fourth-order valence-electron chi connectivity index (χ4n) is 2.04. The monoisotopic (exact) mass is 309 g/mol. The highest BCUT2D eigenvalue weighted by atomic mass is 19.3. The molecule has 0 bridgehead atoms. The number of carbonyl (C=O) groups is 1. The van der Waals surface area contributed by atoms with Crippen LogP contribution in [0.5, 0.6) is 0 Å². The maximum atomic E-state index is 13.2. The van der Waals surface area contributed by atoms with Gasteiger partial charge in [-0.2, -0.15) is 0 Å². The van der Waals surface area contributed by atoms with E-state index < -0.39 is 5.92 Å². The number of halogens is 2. The lowest BCUT2D eigenvalue weighted by molar-refractivity contribution is -0.116. The summed E-state index contributed by atoms with van der Waals surface area (Å²) in [4.78, 5) is 11.9. The SMILES string of the molecule is C=C(CC)C(=O)CC(C)(C)NCc1ccc(C(C)(F)F)cc1. The van der Waals surface area contributed by atoms with Gasteiger partial charge in [-0.3, -0.25) is 4.79 Å². The molecule has 1 aromatic rings. The smallest absolute Gasteiger partial charge is 0.270 e. The molecule has 0 spiro atoms. The van der Waals surface area contributed by atoms with Crippen molar-refractivity contribution in [3.8, 4) is 0 Å². The van der Waals surface area contributed by atoms with Crippen molar-refractivity contribution in [2.24, 2.45) is 0 Å². The molecule has 0 saturated carbocycles. The van der Waals surface area contributed by atoms with E-state index in [-0.39, 0.29) is 16.9 Å². The van der Waals surface area contributed by atoms with Crippen molar-refractivity contribution < 1.29 is 13.6 Å². The molecule has 2 nitrogen and oxygen atoms in total. The minimum atomic E-state index is -2.82. The molecule has 0 fully saturated rings. The van der Waals surface area contributed by atoms with Crippen LogP contribution in [-0.2, 0) is 17.3 Å². The first-order valence-electron chi connectivity index (χ1n) is 7.48. The zero-order chi connectivity index (χ0) is 17.0. The number of carbonyl (C=O) groups excluding carboxylic acids is 1. The number of benzene rings is 1. The summed E-state index contributed by atoms with van der Waals surface area (Å²) in [6.45, 7) is 11.0. The normalized spacial score (nSPS) is 12.3. The highest BCUT2D eigenvalue weighted by Crippen LogP contribution is 2.26. The lowest BCUT2D eigenvalue weighted by Crippen LogP contribution is -2.40. The highest BCUT2D eigenvalue weighted by molar-refractivity contribution is 5.95. The van der Waals surface area contributed by atoms with Crippen LogP contribution in [-0.4, -0.2) is 11.3 Å². The van der Waals surface area contributed by atoms with E-state index in [0.717, 1.165) is 12.5 Å². The summed E-state index contributed by atoms with van der Waals surface area (Å²) in [5, 5.41) is 3.29. The predicted molar refractivity (Wildman–Crippen MR) is 86.0 cm³/mol. The number of hydrogen-bond donors (Lipinski definition) is 1. The number of alkyl halides is 2. The van der Waals surface area contributed by atoms with E-state index >= 15 is 0 Å². The van der Waals surface area contributed by atoms with Gasteiger partial charge >= 0.3 is 0 Å². The van der Waals surface area contributed by atoms with Gasteiger partial charge in [0.25, 0.3) is 5.92 Å². The van der Waals surface area contributed by atoms with Crippen molar-refractivity contribution in [2.75, 3.05) is 0 Å². The maximum absolute atomic E-state index is 13.2. The zero-order valence-electron chi connectivity index (χ0n) is 13.8. The number of ketones is 1. The Hall–Kier alpha value is -1.55. The minimum Gasteiger partial charge on any atom is -0.307 e. The quantitative estimate of drug-likeness (QED) is 0.712. The molecule has 22 heavy (non-hydrogen) atoms. The van der Waals surface area contributed by atoms with Gasteiger partial charge in [0.2, 0.25) is 0 Å². The van der Waals surface area contributed by atoms with E-state index in [1.807, 2.05) is 20.8 Å². The Morgan fingerprint density at radius 3 is 2.18 bits per heavy atom. The minimum absolute atomic E-state index is 0.00457. The number of allylic oxidation sites excluding steroid dienone is 1. The molecule has 0 amide bonds. The maximum Gasteiger partial charge on any atom is 0.270 e. The van der Waals surface area contributed by atoms with Crippen LogP contribution < -0.4 is 5.32 Å². The van der Waals surface area contributed by atoms with E-state index in [1.54, 1.807) is 12.1 Å². The van der Waals surface area contributed by atoms with Gasteiger partial charge in [0, 0.05) is 31.0 Å². The second-order valence-electron chi connectivity index (χ2n) is 6.38. The first-order valence-corrected chi connectivity index (χ1v) is 7.48. The van der Waals surface area contributed by atoms with Crippen LogP contribution >= 0.6 is 0 Å². The van der Waals surface area contributed by atoms with Crippen LogP contribution in [0.2, 0.25) is 0 Å². The molecule has 122 valence electrons. The zero-order valence-corrected chi connectivity index (χ0v) is 13.8. The largest absolute Gasteiger partial charge is 0.307 e. The van der Waals surface area contributed by atoms with Crippen molar-refractivity contribution in [3.63, 3.8) is 0 Å². The van der Waals surface area contributed by atoms with Crippen LogP contribution in [0.4, 0.5) is 8.78 Å². The molecule has 0 aromatic heterocycles. The van der Waals surface area contributed by atoms with E-state index in [4.69, 9.17) is 0 Å². The topological polar surface area (TPSA) is 29.1 Å². The van der Waals surface area contributed by atoms with Gasteiger partial charge in [-0.15, -0.1) is 0 Å². The second kappa shape index (κ2) is 7.14. The molecule has 0 heterocycles. The highest BCUT2D eigenvalue weighted by Gasteiger charge is 2.24. The Bertz CT molecular complexity index is 527. The van der Waals surface area contributed by atoms with Crippen LogP contribution in [0.25, 0.3) is 0 Å². The summed E-state index contributed by atoms with van der Waals surface area (Å²) in [5.41, 5.74) is 1.17. The van der Waals surface area contributed by atoms with Gasteiger partial charge in [-0.25, -0.2) is 8.78 Å². The molecule has 0 saturated heterocycles. The van der Waals surface area contributed by atoms with Gasteiger partial charge in [0.1, 0.15) is 0 Å². The fourth-order valence-corrected chi connectivity index (χ4v) is 2.04. The van der Waals surface area contributed by atoms with Crippen LogP contribution in [0.1, 0.15) is 51.7 Å². The van der Waals surface area contributed by atoms with Crippen molar-refractivity contribution in [3.05, 3.63) is 47.5 Å². The standard InChI is InChI=1S/C18H25F2NO/c1-6-13(2)16(22)11-17(3,4)21-12-14-7-9-15(10-8-14)18(5,19)20/h7-10,21H,2,6,11-12H2,1,3-5H3. The number of nitrogens with one attached hydrogen (secondary N) is 1. The first kappa shape index (κ1) is 18.5. The van der Waals surface area contributed by atoms with E-state index in [2.05, 4.69) is 11.9 Å². The molecule has 0 atom stereocenters.